The molecular formula is C16H22BrN3O. The van der Waals surface area contributed by atoms with Crippen LogP contribution in [0.2, 0.25) is 0 Å². The molecule has 0 aromatic carbocycles. The predicted molar refractivity (Wildman–Crippen MR) is 85.9 cm³/mol. The number of hydrogen-bond acceptors (Lipinski definition) is 2. The van der Waals surface area contributed by atoms with Gasteiger partial charge in [0.2, 0.25) is 0 Å². The summed E-state index contributed by atoms with van der Waals surface area (Å²) in [4.78, 5) is 12.6. The Hall–Kier alpha value is -1.28. The summed E-state index contributed by atoms with van der Waals surface area (Å²) in [6.07, 6.45) is 8.71. The number of aromatic nitrogens is 1. The summed E-state index contributed by atoms with van der Waals surface area (Å²) < 4.78 is 2.84. The lowest BCUT2D eigenvalue weighted by Crippen LogP contribution is -2.47. The number of carbonyl (C=O) groups excluding carboxylic acids is 1. The highest BCUT2D eigenvalue weighted by Gasteiger charge is 2.33. The fourth-order valence-corrected chi connectivity index (χ4v) is 3.43. The third-order valence-corrected chi connectivity index (χ3v) is 4.52. The van der Waals surface area contributed by atoms with Gasteiger partial charge in [0.25, 0.3) is 5.91 Å². The molecule has 0 bridgehead atoms. The van der Waals surface area contributed by atoms with Gasteiger partial charge in [0.15, 0.2) is 0 Å². The van der Waals surface area contributed by atoms with Crippen LogP contribution in [0.25, 0.3) is 0 Å². The third kappa shape index (κ3) is 3.88. The number of hydrogen-bond donors (Lipinski definition) is 1. The van der Waals surface area contributed by atoms with E-state index in [-0.39, 0.29) is 5.91 Å². The molecule has 1 aliphatic carbocycles. The maximum Gasteiger partial charge on any atom is 0.269 e. The number of rotatable bonds is 4. The number of carbonyl (C=O) groups is 1. The van der Waals surface area contributed by atoms with Crippen LogP contribution < -0.4 is 5.32 Å². The summed E-state index contributed by atoms with van der Waals surface area (Å²) in [6.45, 7) is 2.88. The molecule has 1 aliphatic rings. The van der Waals surface area contributed by atoms with Crippen molar-refractivity contribution < 1.29 is 4.79 Å². The van der Waals surface area contributed by atoms with E-state index in [1.54, 1.807) is 0 Å². The lowest BCUT2D eigenvalue weighted by molar-refractivity contribution is 0.0903. The Morgan fingerprint density at radius 2 is 2.10 bits per heavy atom. The summed E-state index contributed by atoms with van der Waals surface area (Å²) in [5.74, 6) is -0.141. The molecule has 114 valence electrons. The molecule has 1 aromatic rings. The number of halogens is 1. The van der Waals surface area contributed by atoms with Crippen LogP contribution >= 0.6 is 15.9 Å². The molecule has 1 aromatic heterocycles. The second-order valence-corrected chi connectivity index (χ2v) is 6.71. The third-order valence-electron chi connectivity index (χ3n) is 4.08. The topological polar surface area (TPSA) is 57.8 Å². The molecule has 0 spiro atoms. The first kappa shape index (κ1) is 16.1. The zero-order valence-corrected chi connectivity index (χ0v) is 14.1. The first-order valence-electron chi connectivity index (χ1n) is 7.69. The van der Waals surface area contributed by atoms with Crippen LogP contribution in [0.3, 0.4) is 0 Å². The molecule has 1 saturated carbocycles. The molecule has 1 N–H and O–H groups in total. The summed E-state index contributed by atoms with van der Waals surface area (Å²) >= 11 is 3.42. The molecule has 1 amide bonds. The van der Waals surface area contributed by atoms with Gasteiger partial charge in [-0.3, -0.25) is 4.79 Å². The predicted octanol–water partition coefficient (Wildman–Crippen LogP) is 4.01. The van der Waals surface area contributed by atoms with Gasteiger partial charge in [0, 0.05) is 17.2 Å². The second kappa shape index (κ2) is 7.13. The number of aryl methyl sites for hydroxylation is 1. The molecule has 0 unspecified atom stereocenters. The maximum atomic E-state index is 12.6. The van der Waals surface area contributed by atoms with Crippen molar-refractivity contribution in [2.45, 2.75) is 64.0 Å². The van der Waals surface area contributed by atoms with E-state index in [2.05, 4.69) is 34.2 Å². The largest absolute Gasteiger partial charge is 0.342 e. The van der Waals surface area contributed by atoms with Crippen LogP contribution in [0.5, 0.6) is 0 Å². The van der Waals surface area contributed by atoms with Crippen LogP contribution in [0.1, 0.15) is 62.4 Å². The molecular weight excluding hydrogens is 330 g/mol. The van der Waals surface area contributed by atoms with Crippen LogP contribution in [-0.2, 0) is 6.54 Å². The smallest absolute Gasteiger partial charge is 0.269 e. The summed E-state index contributed by atoms with van der Waals surface area (Å²) in [5, 5.41) is 12.6. The molecule has 4 nitrogen and oxygen atoms in total. The van der Waals surface area contributed by atoms with Crippen LogP contribution in [0.15, 0.2) is 16.7 Å². The monoisotopic (exact) mass is 351 g/mol. The second-order valence-electron chi connectivity index (χ2n) is 5.80. The van der Waals surface area contributed by atoms with Gasteiger partial charge >= 0.3 is 0 Å². The van der Waals surface area contributed by atoms with Gasteiger partial charge in [-0.25, -0.2) is 0 Å². The van der Waals surface area contributed by atoms with E-state index in [0.29, 0.717) is 5.69 Å². The van der Waals surface area contributed by atoms with Crippen molar-refractivity contribution in [3.8, 4) is 6.07 Å². The Kier molecular flexibility index (Phi) is 5.46. The van der Waals surface area contributed by atoms with Gasteiger partial charge < -0.3 is 9.88 Å². The molecule has 0 saturated heterocycles. The summed E-state index contributed by atoms with van der Waals surface area (Å²) in [7, 11) is 0. The van der Waals surface area contributed by atoms with Gasteiger partial charge in [-0.1, -0.05) is 32.6 Å². The number of nitriles is 1. The fourth-order valence-electron chi connectivity index (χ4n) is 2.97. The molecule has 1 heterocycles. The highest BCUT2D eigenvalue weighted by molar-refractivity contribution is 9.10. The lowest BCUT2D eigenvalue weighted by atomic mass is 9.91. The standard InChI is InChI=1S/C16H22BrN3O/c1-2-9-20-11-13(17)10-14(20)15(21)19-16(12-18)7-5-3-4-6-8-16/h10-11H,2-9H2,1H3,(H,19,21). The van der Waals surface area contributed by atoms with Gasteiger partial charge in [0.05, 0.1) is 6.07 Å². The lowest BCUT2D eigenvalue weighted by Gasteiger charge is -2.26. The molecule has 21 heavy (non-hydrogen) atoms. The number of amides is 1. The number of nitrogens with zero attached hydrogens (tertiary/aromatic N) is 2. The quantitative estimate of drug-likeness (QED) is 0.833. The van der Waals surface area contributed by atoms with Crippen molar-refractivity contribution in [2.24, 2.45) is 0 Å². The summed E-state index contributed by atoms with van der Waals surface area (Å²) in [5.41, 5.74) is -0.0657. The van der Waals surface area contributed by atoms with Crippen molar-refractivity contribution in [3.05, 3.63) is 22.4 Å². The van der Waals surface area contributed by atoms with Gasteiger partial charge in [-0.05, 0) is 41.3 Å². The first-order valence-corrected chi connectivity index (χ1v) is 8.49. The zero-order valence-electron chi connectivity index (χ0n) is 12.5. The average Bonchev–Trinajstić information content (AvgIpc) is 2.69. The minimum atomic E-state index is -0.693. The maximum absolute atomic E-state index is 12.6. The summed E-state index contributed by atoms with van der Waals surface area (Å²) in [6, 6.07) is 4.19. The van der Waals surface area contributed by atoms with Gasteiger partial charge in [0.1, 0.15) is 11.2 Å². The molecule has 2 rings (SSSR count). The van der Waals surface area contributed by atoms with Gasteiger partial charge in [-0.2, -0.15) is 5.26 Å². The van der Waals surface area contributed by atoms with Crippen molar-refractivity contribution in [2.75, 3.05) is 0 Å². The average molecular weight is 352 g/mol. The molecule has 0 radical (unpaired) electrons. The first-order chi connectivity index (χ1) is 10.1. The Balaban J connectivity index is 2.18. The van der Waals surface area contributed by atoms with Gasteiger partial charge in [-0.15, -0.1) is 0 Å². The van der Waals surface area contributed by atoms with E-state index in [9.17, 15) is 10.1 Å². The SMILES string of the molecule is CCCn1cc(Br)cc1C(=O)NC1(C#N)CCCCCC1. The van der Waals surface area contributed by atoms with E-state index in [1.165, 1.54) is 0 Å². The normalized spacial score (nSPS) is 17.8. The van der Waals surface area contributed by atoms with Crippen molar-refractivity contribution in [1.82, 2.24) is 9.88 Å². The highest BCUT2D eigenvalue weighted by Crippen LogP contribution is 2.27. The Morgan fingerprint density at radius 3 is 2.67 bits per heavy atom. The zero-order chi connectivity index (χ0) is 15.3. The Bertz CT molecular complexity index is 536. The fraction of sp³-hybridized carbons (Fsp3) is 0.625. The van der Waals surface area contributed by atoms with E-state index in [1.807, 2.05) is 16.8 Å². The van der Waals surface area contributed by atoms with E-state index in [4.69, 9.17) is 0 Å². The highest BCUT2D eigenvalue weighted by atomic mass is 79.9. The van der Waals surface area contributed by atoms with Crippen molar-refractivity contribution in [3.63, 3.8) is 0 Å². The number of nitrogens with one attached hydrogen (secondary N) is 1. The van der Waals surface area contributed by atoms with Crippen molar-refractivity contribution in [1.29, 1.82) is 5.26 Å². The van der Waals surface area contributed by atoms with Crippen molar-refractivity contribution >= 4 is 21.8 Å². The van der Waals surface area contributed by atoms with Crippen LogP contribution in [0.4, 0.5) is 0 Å². The van der Waals surface area contributed by atoms with E-state index in [0.717, 1.165) is 56.0 Å². The Morgan fingerprint density at radius 1 is 1.43 bits per heavy atom. The van der Waals surface area contributed by atoms with Crippen LogP contribution in [-0.4, -0.2) is 16.0 Å². The molecule has 5 heteroatoms. The molecule has 1 fully saturated rings. The minimum absolute atomic E-state index is 0.141. The van der Waals surface area contributed by atoms with E-state index >= 15 is 0 Å². The Labute approximate surface area is 134 Å². The molecule has 0 aliphatic heterocycles. The minimum Gasteiger partial charge on any atom is -0.342 e. The van der Waals surface area contributed by atoms with Crippen LogP contribution in [0, 0.1) is 11.3 Å². The molecule has 0 atom stereocenters. The van der Waals surface area contributed by atoms with E-state index < -0.39 is 5.54 Å².